The molecular weight excluding hydrogens is 511 g/mol. The normalized spacial score (nSPS) is 15.5. The molecule has 1 aliphatic rings. The SMILES string of the molecule is CCOC(=O)C1=C(C)N=c2s/c(=C\c3ccc(Cl)c(Cl)c3)c(=O)n2[C@@H]1c1ccc(OC)c(OC)c1. The van der Waals surface area contributed by atoms with Crippen molar-refractivity contribution in [1.82, 2.24) is 4.57 Å². The average Bonchev–Trinajstić information content (AvgIpc) is 3.14. The van der Waals surface area contributed by atoms with Gasteiger partial charge in [0.25, 0.3) is 5.56 Å². The quantitative estimate of drug-likeness (QED) is 0.446. The highest BCUT2D eigenvalue weighted by Crippen LogP contribution is 2.36. The Labute approximate surface area is 215 Å². The molecule has 0 bridgehead atoms. The van der Waals surface area contributed by atoms with E-state index in [0.29, 0.717) is 47.7 Å². The van der Waals surface area contributed by atoms with Crippen LogP contribution in [0, 0.1) is 0 Å². The van der Waals surface area contributed by atoms with Crippen molar-refractivity contribution in [1.29, 1.82) is 0 Å². The zero-order valence-electron chi connectivity index (χ0n) is 19.4. The Bertz CT molecular complexity index is 1520. The van der Waals surface area contributed by atoms with E-state index >= 15 is 0 Å². The predicted molar refractivity (Wildman–Crippen MR) is 136 cm³/mol. The first-order valence-corrected chi connectivity index (χ1v) is 12.2. The van der Waals surface area contributed by atoms with Gasteiger partial charge in [-0.15, -0.1) is 0 Å². The molecule has 2 aromatic carbocycles. The van der Waals surface area contributed by atoms with Crippen LogP contribution in [0.1, 0.15) is 31.0 Å². The van der Waals surface area contributed by atoms with Gasteiger partial charge in [0.05, 0.1) is 52.7 Å². The number of esters is 1. The molecule has 0 saturated carbocycles. The minimum absolute atomic E-state index is 0.190. The fourth-order valence-corrected chi connectivity index (χ4v) is 5.24. The van der Waals surface area contributed by atoms with E-state index in [2.05, 4.69) is 4.99 Å². The maximum absolute atomic E-state index is 13.7. The number of aromatic nitrogens is 1. The third-order valence-electron chi connectivity index (χ3n) is 5.48. The molecule has 1 aromatic heterocycles. The maximum Gasteiger partial charge on any atom is 0.338 e. The number of hydrogen-bond donors (Lipinski definition) is 0. The van der Waals surface area contributed by atoms with Gasteiger partial charge in [-0.05, 0) is 55.3 Å². The monoisotopic (exact) mass is 532 g/mol. The summed E-state index contributed by atoms with van der Waals surface area (Å²) in [4.78, 5) is 31.7. The lowest BCUT2D eigenvalue weighted by Crippen LogP contribution is -2.39. The van der Waals surface area contributed by atoms with E-state index in [0.717, 1.165) is 0 Å². The number of allylic oxidation sites excluding steroid dienone is 1. The standard InChI is InChI=1S/C25H22Cl2N2O5S/c1-5-34-24(31)21-13(2)28-25-29(22(21)15-7-9-18(32-3)19(12-15)33-4)23(30)20(35-25)11-14-6-8-16(26)17(27)10-14/h6-12,22H,5H2,1-4H3/b20-11-/t22-/m1/s1. The molecule has 0 fully saturated rings. The lowest BCUT2D eigenvalue weighted by molar-refractivity contribution is -0.139. The van der Waals surface area contributed by atoms with E-state index in [4.69, 9.17) is 37.4 Å². The van der Waals surface area contributed by atoms with Crippen molar-refractivity contribution in [3.8, 4) is 11.5 Å². The number of hydrogen-bond acceptors (Lipinski definition) is 7. The highest BCUT2D eigenvalue weighted by Gasteiger charge is 2.33. The van der Waals surface area contributed by atoms with Crippen LogP contribution >= 0.6 is 34.5 Å². The lowest BCUT2D eigenvalue weighted by atomic mass is 9.95. The van der Waals surface area contributed by atoms with E-state index in [1.807, 2.05) is 0 Å². The lowest BCUT2D eigenvalue weighted by Gasteiger charge is -2.25. The van der Waals surface area contributed by atoms with Gasteiger partial charge in [-0.3, -0.25) is 9.36 Å². The Kier molecular flexibility index (Phi) is 7.35. The Morgan fingerprint density at radius 3 is 2.51 bits per heavy atom. The zero-order chi connectivity index (χ0) is 25.3. The van der Waals surface area contributed by atoms with E-state index in [9.17, 15) is 9.59 Å². The number of ether oxygens (including phenoxy) is 3. The van der Waals surface area contributed by atoms with Crippen LogP contribution in [-0.2, 0) is 9.53 Å². The topological polar surface area (TPSA) is 79.1 Å². The van der Waals surface area contributed by atoms with Crippen LogP contribution in [-0.4, -0.2) is 31.4 Å². The Balaban J connectivity index is 1.97. The largest absolute Gasteiger partial charge is 0.493 e. The minimum Gasteiger partial charge on any atom is -0.493 e. The fourth-order valence-electron chi connectivity index (χ4n) is 3.88. The summed E-state index contributed by atoms with van der Waals surface area (Å²) in [6, 6.07) is 9.63. The number of rotatable bonds is 6. The van der Waals surface area contributed by atoms with Crippen molar-refractivity contribution in [3.63, 3.8) is 0 Å². The van der Waals surface area contributed by atoms with Crippen molar-refractivity contribution in [2.24, 2.45) is 4.99 Å². The molecule has 1 aliphatic heterocycles. The van der Waals surface area contributed by atoms with Gasteiger partial charge in [-0.25, -0.2) is 9.79 Å². The first kappa shape index (κ1) is 25.0. The average molecular weight is 533 g/mol. The second kappa shape index (κ2) is 10.3. The van der Waals surface area contributed by atoms with Crippen LogP contribution in [0.4, 0.5) is 0 Å². The first-order valence-electron chi connectivity index (χ1n) is 10.7. The molecular formula is C25H22Cl2N2O5S. The van der Waals surface area contributed by atoms with Crippen LogP contribution in [0.15, 0.2) is 57.5 Å². The molecule has 10 heteroatoms. The molecule has 0 N–H and O–H groups in total. The van der Waals surface area contributed by atoms with Gasteiger partial charge in [0.1, 0.15) is 0 Å². The number of benzene rings is 2. The van der Waals surface area contributed by atoms with Gasteiger partial charge >= 0.3 is 5.97 Å². The summed E-state index contributed by atoms with van der Waals surface area (Å²) in [5.74, 6) is 0.467. The van der Waals surface area contributed by atoms with Gasteiger partial charge in [-0.1, -0.05) is 46.7 Å². The molecule has 35 heavy (non-hydrogen) atoms. The zero-order valence-corrected chi connectivity index (χ0v) is 21.8. The Morgan fingerprint density at radius 2 is 1.86 bits per heavy atom. The molecule has 0 aliphatic carbocycles. The number of halogens is 2. The van der Waals surface area contributed by atoms with Crippen LogP contribution in [0.2, 0.25) is 10.0 Å². The van der Waals surface area contributed by atoms with E-state index in [1.54, 1.807) is 56.3 Å². The number of methoxy groups -OCH3 is 2. The Hall–Kier alpha value is -3.07. The maximum atomic E-state index is 13.7. The second-order valence-corrected chi connectivity index (χ2v) is 9.41. The molecule has 3 aromatic rings. The van der Waals surface area contributed by atoms with Crippen molar-refractivity contribution in [3.05, 3.63) is 88.5 Å². The van der Waals surface area contributed by atoms with Crippen LogP contribution in [0.25, 0.3) is 6.08 Å². The van der Waals surface area contributed by atoms with Crippen LogP contribution < -0.4 is 24.4 Å². The molecule has 7 nitrogen and oxygen atoms in total. The highest BCUT2D eigenvalue weighted by atomic mass is 35.5. The second-order valence-electron chi connectivity index (χ2n) is 7.59. The number of fused-ring (bicyclic) bond motifs is 1. The highest BCUT2D eigenvalue weighted by molar-refractivity contribution is 7.07. The van der Waals surface area contributed by atoms with Gasteiger partial charge in [0.2, 0.25) is 0 Å². The van der Waals surface area contributed by atoms with Crippen molar-refractivity contribution >= 4 is 46.6 Å². The third-order valence-corrected chi connectivity index (χ3v) is 7.20. The molecule has 1 atom stereocenters. The smallest absolute Gasteiger partial charge is 0.338 e. The molecule has 2 heterocycles. The van der Waals surface area contributed by atoms with Gasteiger partial charge in [0.15, 0.2) is 16.3 Å². The van der Waals surface area contributed by atoms with Gasteiger partial charge < -0.3 is 14.2 Å². The number of carbonyl (C=O) groups excluding carboxylic acids is 1. The van der Waals surface area contributed by atoms with Crippen molar-refractivity contribution in [2.45, 2.75) is 19.9 Å². The van der Waals surface area contributed by atoms with Crippen LogP contribution in [0.5, 0.6) is 11.5 Å². The summed E-state index contributed by atoms with van der Waals surface area (Å²) in [5.41, 5.74) is 1.84. The number of nitrogens with zero attached hydrogens (tertiary/aromatic N) is 2. The number of thiazole rings is 1. The summed E-state index contributed by atoms with van der Waals surface area (Å²) < 4.78 is 18.1. The summed E-state index contributed by atoms with van der Waals surface area (Å²) >= 11 is 13.4. The van der Waals surface area contributed by atoms with E-state index in [-0.39, 0.29) is 17.7 Å². The van der Waals surface area contributed by atoms with Gasteiger partial charge in [-0.2, -0.15) is 0 Å². The predicted octanol–water partition coefficient (Wildman–Crippen LogP) is 4.12. The molecule has 0 spiro atoms. The molecule has 0 saturated heterocycles. The summed E-state index contributed by atoms with van der Waals surface area (Å²) in [7, 11) is 3.06. The van der Waals surface area contributed by atoms with Crippen molar-refractivity contribution < 1.29 is 19.0 Å². The molecule has 0 amide bonds. The minimum atomic E-state index is -0.763. The molecule has 0 unspecified atom stereocenters. The van der Waals surface area contributed by atoms with Crippen LogP contribution in [0.3, 0.4) is 0 Å². The van der Waals surface area contributed by atoms with Gasteiger partial charge in [0, 0.05) is 0 Å². The fraction of sp³-hybridized carbons (Fsp3) is 0.240. The Morgan fingerprint density at radius 1 is 1.11 bits per heavy atom. The number of carbonyl (C=O) groups is 1. The van der Waals surface area contributed by atoms with E-state index in [1.165, 1.54) is 30.1 Å². The first-order chi connectivity index (χ1) is 16.8. The van der Waals surface area contributed by atoms with Crippen molar-refractivity contribution in [2.75, 3.05) is 20.8 Å². The molecule has 182 valence electrons. The summed E-state index contributed by atoms with van der Waals surface area (Å²) in [6.45, 7) is 3.65. The summed E-state index contributed by atoms with van der Waals surface area (Å²) in [5, 5.41) is 0.810. The summed E-state index contributed by atoms with van der Waals surface area (Å²) in [6.07, 6.45) is 1.72. The molecule has 0 radical (unpaired) electrons. The van der Waals surface area contributed by atoms with E-state index < -0.39 is 12.0 Å². The third kappa shape index (κ3) is 4.74. The molecule has 4 rings (SSSR count).